The van der Waals surface area contributed by atoms with E-state index in [4.69, 9.17) is 5.73 Å². The predicted molar refractivity (Wildman–Crippen MR) is 62.7 cm³/mol. The first-order valence-corrected chi connectivity index (χ1v) is 5.36. The van der Waals surface area contributed by atoms with Crippen molar-refractivity contribution in [3.05, 3.63) is 24.3 Å². The molecule has 0 amide bonds. The Kier molecular flexibility index (Phi) is 2.85. The van der Waals surface area contributed by atoms with E-state index in [-0.39, 0.29) is 6.04 Å². The number of nitrogens with two attached hydrogens (primary N) is 1. The lowest BCUT2D eigenvalue weighted by molar-refractivity contribution is 0.469. The van der Waals surface area contributed by atoms with E-state index in [2.05, 4.69) is 29.4 Å². The molecule has 1 heterocycles. The third kappa shape index (κ3) is 1.88. The van der Waals surface area contributed by atoms with Gasteiger partial charge >= 0.3 is 0 Å². The maximum atomic E-state index is 5.75. The van der Waals surface area contributed by atoms with Crippen molar-refractivity contribution in [1.29, 1.82) is 0 Å². The van der Waals surface area contributed by atoms with Crippen LogP contribution in [0.25, 0.3) is 11.4 Å². The maximum Gasteiger partial charge on any atom is 0.182 e. The highest BCUT2D eigenvalue weighted by Crippen LogP contribution is 2.21. The summed E-state index contributed by atoms with van der Waals surface area (Å²) in [5.41, 5.74) is 7.41. The Morgan fingerprint density at radius 1 is 1.44 bits per heavy atom. The van der Waals surface area contributed by atoms with Gasteiger partial charge in [-0.25, -0.2) is 4.68 Å². The molecular weight excluding hydrogens is 202 g/mol. The summed E-state index contributed by atoms with van der Waals surface area (Å²) >= 11 is 0. The minimum atomic E-state index is 0.284. The second-order valence-electron chi connectivity index (χ2n) is 3.83. The van der Waals surface area contributed by atoms with Gasteiger partial charge in [0.15, 0.2) is 5.82 Å². The molecule has 1 aromatic carbocycles. The van der Waals surface area contributed by atoms with Crippen LogP contribution in [0.2, 0.25) is 0 Å². The van der Waals surface area contributed by atoms with E-state index in [0.717, 1.165) is 23.5 Å². The third-order valence-corrected chi connectivity index (χ3v) is 2.65. The Morgan fingerprint density at radius 2 is 2.25 bits per heavy atom. The first kappa shape index (κ1) is 10.6. The molecule has 2 rings (SSSR count). The molecule has 16 heavy (non-hydrogen) atoms. The monoisotopic (exact) mass is 217 g/mol. The number of tetrazole rings is 1. The van der Waals surface area contributed by atoms with Crippen molar-refractivity contribution in [2.75, 3.05) is 5.73 Å². The Labute approximate surface area is 94.3 Å². The summed E-state index contributed by atoms with van der Waals surface area (Å²) in [6.07, 6.45) is 0.986. The van der Waals surface area contributed by atoms with Crippen molar-refractivity contribution in [1.82, 2.24) is 20.2 Å². The van der Waals surface area contributed by atoms with Crippen molar-refractivity contribution in [3.63, 3.8) is 0 Å². The zero-order valence-electron chi connectivity index (χ0n) is 9.46. The quantitative estimate of drug-likeness (QED) is 0.797. The van der Waals surface area contributed by atoms with Gasteiger partial charge in [-0.05, 0) is 35.9 Å². The minimum absolute atomic E-state index is 0.284. The van der Waals surface area contributed by atoms with Crippen LogP contribution in [0.15, 0.2) is 24.3 Å². The van der Waals surface area contributed by atoms with Gasteiger partial charge < -0.3 is 5.73 Å². The molecule has 2 N–H and O–H groups in total. The number of aromatic nitrogens is 4. The average Bonchev–Trinajstić information content (AvgIpc) is 2.77. The summed E-state index contributed by atoms with van der Waals surface area (Å²) in [5, 5.41) is 11.8. The number of rotatable bonds is 3. The van der Waals surface area contributed by atoms with Crippen LogP contribution in [0.1, 0.15) is 26.3 Å². The Hall–Kier alpha value is -1.91. The lowest BCUT2D eigenvalue weighted by Crippen LogP contribution is -2.08. The molecule has 0 radical (unpaired) electrons. The molecule has 5 heteroatoms. The van der Waals surface area contributed by atoms with Crippen LogP contribution < -0.4 is 5.73 Å². The van der Waals surface area contributed by atoms with Gasteiger partial charge in [0.1, 0.15) is 0 Å². The number of nitrogens with zero attached hydrogens (tertiary/aromatic N) is 4. The molecule has 0 spiro atoms. The molecule has 5 nitrogen and oxygen atoms in total. The number of hydrogen-bond donors (Lipinski definition) is 1. The van der Waals surface area contributed by atoms with E-state index in [1.54, 1.807) is 0 Å². The Balaban J connectivity index is 2.44. The molecule has 0 aliphatic carbocycles. The lowest BCUT2D eigenvalue weighted by Gasteiger charge is -2.10. The molecule has 84 valence electrons. The Morgan fingerprint density at radius 3 is 2.94 bits per heavy atom. The lowest BCUT2D eigenvalue weighted by atomic mass is 10.2. The summed E-state index contributed by atoms with van der Waals surface area (Å²) in [6.45, 7) is 4.20. The van der Waals surface area contributed by atoms with E-state index in [0.29, 0.717) is 0 Å². The highest BCUT2D eigenvalue weighted by Gasteiger charge is 2.12. The van der Waals surface area contributed by atoms with E-state index in [1.165, 1.54) is 0 Å². The second-order valence-corrected chi connectivity index (χ2v) is 3.83. The van der Waals surface area contributed by atoms with Gasteiger partial charge in [-0.3, -0.25) is 0 Å². The van der Waals surface area contributed by atoms with E-state index < -0.39 is 0 Å². The highest BCUT2D eigenvalue weighted by atomic mass is 15.5. The van der Waals surface area contributed by atoms with E-state index in [1.807, 2.05) is 28.9 Å². The molecule has 0 saturated carbocycles. The molecule has 0 aliphatic rings. The molecule has 0 bridgehead atoms. The molecule has 0 fully saturated rings. The standard InChI is InChI=1S/C11H15N5/c1-3-8(2)16-11(13-14-15-16)9-5-4-6-10(12)7-9/h4-8H,3,12H2,1-2H3. The van der Waals surface area contributed by atoms with Gasteiger partial charge in [-0.1, -0.05) is 19.1 Å². The molecule has 0 aliphatic heterocycles. The first-order chi connectivity index (χ1) is 7.72. The third-order valence-electron chi connectivity index (χ3n) is 2.65. The van der Waals surface area contributed by atoms with Crippen LogP contribution in [0.5, 0.6) is 0 Å². The van der Waals surface area contributed by atoms with Crippen molar-refractivity contribution in [2.24, 2.45) is 0 Å². The molecule has 0 saturated heterocycles. The zero-order valence-corrected chi connectivity index (χ0v) is 9.46. The maximum absolute atomic E-state index is 5.75. The largest absolute Gasteiger partial charge is 0.399 e. The molecule has 1 unspecified atom stereocenters. The van der Waals surface area contributed by atoms with Gasteiger partial charge in [-0.15, -0.1) is 5.10 Å². The van der Waals surface area contributed by atoms with Crippen molar-refractivity contribution in [3.8, 4) is 11.4 Å². The van der Waals surface area contributed by atoms with Crippen LogP contribution >= 0.6 is 0 Å². The summed E-state index contributed by atoms with van der Waals surface area (Å²) in [5.74, 6) is 0.765. The molecule has 1 aromatic heterocycles. The van der Waals surface area contributed by atoms with Crippen LogP contribution in [-0.2, 0) is 0 Å². The van der Waals surface area contributed by atoms with Gasteiger partial charge in [0.2, 0.25) is 0 Å². The number of benzene rings is 1. The topological polar surface area (TPSA) is 69.6 Å². The predicted octanol–water partition coefficient (Wildman–Crippen LogP) is 1.89. The van der Waals surface area contributed by atoms with Crippen LogP contribution in [0.3, 0.4) is 0 Å². The zero-order chi connectivity index (χ0) is 11.5. The summed E-state index contributed by atoms with van der Waals surface area (Å²) in [7, 11) is 0. The fraction of sp³-hybridized carbons (Fsp3) is 0.364. The van der Waals surface area contributed by atoms with Gasteiger partial charge in [-0.2, -0.15) is 0 Å². The van der Waals surface area contributed by atoms with Crippen molar-refractivity contribution < 1.29 is 0 Å². The molecule has 2 aromatic rings. The van der Waals surface area contributed by atoms with Crippen LogP contribution in [-0.4, -0.2) is 20.2 Å². The fourth-order valence-electron chi connectivity index (χ4n) is 1.53. The summed E-state index contributed by atoms with van der Waals surface area (Å²) < 4.78 is 1.83. The highest BCUT2D eigenvalue weighted by molar-refractivity contribution is 5.60. The number of hydrogen-bond acceptors (Lipinski definition) is 4. The van der Waals surface area contributed by atoms with Crippen molar-refractivity contribution in [2.45, 2.75) is 26.3 Å². The summed E-state index contributed by atoms with van der Waals surface area (Å²) in [6, 6.07) is 7.87. The van der Waals surface area contributed by atoms with Gasteiger partial charge in [0, 0.05) is 11.3 Å². The number of anilines is 1. The van der Waals surface area contributed by atoms with Crippen LogP contribution in [0, 0.1) is 0 Å². The normalized spacial score (nSPS) is 12.6. The van der Waals surface area contributed by atoms with Gasteiger partial charge in [0.25, 0.3) is 0 Å². The fourth-order valence-corrected chi connectivity index (χ4v) is 1.53. The smallest absolute Gasteiger partial charge is 0.182 e. The van der Waals surface area contributed by atoms with E-state index in [9.17, 15) is 0 Å². The van der Waals surface area contributed by atoms with Crippen LogP contribution in [0.4, 0.5) is 5.69 Å². The first-order valence-electron chi connectivity index (χ1n) is 5.36. The minimum Gasteiger partial charge on any atom is -0.399 e. The van der Waals surface area contributed by atoms with Gasteiger partial charge in [0.05, 0.1) is 6.04 Å². The molecular formula is C11H15N5. The summed E-state index contributed by atoms with van der Waals surface area (Å²) in [4.78, 5) is 0. The molecule has 1 atom stereocenters. The average molecular weight is 217 g/mol. The van der Waals surface area contributed by atoms with E-state index >= 15 is 0 Å². The number of nitrogen functional groups attached to an aromatic ring is 1. The Bertz CT molecular complexity index is 477. The van der Waals surface area contributed by atoms with Crippen molar-refractivity contribution >= 4 is 5.69 Å². The SMILES string of the molecule is CCC(C)n1nnnc1-c1cccc(N)c1. The second kappa shape index (κ2) is 4.30.